The first-order valence-electron chi connectivity index (χ1n) is 6.38. The van der Waals surface area contributed by atoms with Gasteiger partial charge in [-0.05, 0) is 19.1 Å². The Hall–Kier alpha value is -2.73. The van der Waals surface area contributed by atoms with E-state index in [-0.39, 0.29) is 11.3 Å². The SMILES string of the molecule is Cc1cc(=O)c(O)c(-c2c(-c3ccc(Cl)cc3)[nH][nH]c2=O)o1. The molecule has 3 aromatic rings. The molecule has 2 aromatic heterocycles. The van der Waals surface area contributed by atoms with E-state index < -0.39 is 16.7 Å². The Morgan fingerprint density at radius 3 is 2.50 bits per heavy atom. The van der Waals surface area contributed by atoms with E-state index in [4.69, 9.17) is 16.0 Å². The summed E-state index contributed by atoms with van der Waals surface area (Å²) in [5.41, 5.74) is -0.0111. The Bertz CT molecular complexity index is 951. The smallest absolute Gasteiger partial charge is 0.275 e. The van der Waals surface area contributed by atoms with Crippen LogP contribution in [0.15, 0.2) is 44.3 Å². The van der Waals surface area contributed by atoms with Crippen molar-refractivity contribution >= 4 is 11.6 Å². The Kier molecular flexibility index (Phi) is 3.38. The summed E-state index contributed by atoms with van der Waals surface area (Å²) in [6.07, 6.45) is 0. The maximum absolute atomic E-state index is 12.1. The molecule has 0 bridgehead atoms. The molecule has 0 spiro atoms. The second-order valence-corrected chi connectivity index (χ2v) is 5.17. The van der Waals surface area contributed by atoms with Crippen LogP contribution in [0.4, 0.5) is 0 Å². The molecule has 0 atom stereocenters. The highest BCUT2D eigenvalue weighted by atomic mass is 35.5. The molecule has 3 N–H and O–H groups in total. The average Bonchev–Trinajstić information content (AvgIpc) is 2.85. The molecular weight excluding hydrogens is 308 g/mol. The average molecular weight is 319 g/mol. The van der Waals surface area contributed by atoms with Crippen LogP contribution >= 0.6 is 11.6 Å². The number of benzene rings is 1. The lowest BCUT2D eigenvalue weighted by atomic mass is 10.1. The predicted octanol–water partition coefficient (Wildman–Crippen LogP) is 2.66. The molecule has 1 aromatic carbocycles. The summed E-state index contributed by atoms with van der Waals surface area (Å²) in [7, 11) is 0. The van der Waals surface area contributed by atoms with Crippen molar-refractivity contribution in [2.75, 3.05) is 0 Å². The fourth-order valence-corrected chi connectivity index (χ4v) is 2.31. The molecule has 0 aliphatic rings. The zero-order valence-corrected chi connectivity index (χ0v) is 12.2. The van der Waals surface area contributed by atoms with Crippen LogP contribution in [0.5, 0.6) is 5.75 Å². The molecule has 0 aliphatic carbocycles. The van der Waals surface area contributed by atoms with Gasteiger partial charge in [0.05, 0.1) is 5.69 Å². The predicted molar refractivity (Wildman–Crippen MR) is 82.2 cm³/mol. The lowest BCUT2D eigenvalue weighted by Gasteiger charge is -2.05. The number of aromatic hydroxyl groups is 1. The summed E-state index contributed by atoms with van der Waals surface area (Å²) < 4.78 is 5.38. The van der Waals surface area contributed by atoms with Gasteiger partial charge in [-0.1, -0.05) is 23.7 Å². The molecule has 3 rings (SSSR count). The van der Waals surface area contributed by atoms with Gasteiger partial charge in [-0.3, -0.25) is 19.8 Å². The Morgan fingerprint density at radius 2 is 1.82 bits per heavy atom. The number of rotatable bonds is 2. The quantitative estimate of drug-likeness (QED) is 0.676. The Balaban J connectivity index is 2.29. The van der Waals surface area contributed by atoms with Gasteiger partial charge in [0.15, 0.2) is 5.76 Å². The molecule has 0 fully saturated rings. The molecule has 0 saturated heterocycles. The van der Waals surface area contributed by atoms with Gasteiger partial charge in [-0.15, -0.1) is 0 Å². The Labute approximate surface area is 129 Å². The van der Waals surface area contributed by atoms with Gasteiger partial charge < -0.3 is 9.52 Å². The van der Waals surface area contributed by atoms with E-state index in [2.05, 4.69) is 10.2 Å². The van der Waals surface area contributed by atoms with Crippen molar-refractivity contribution in [3.05, 3.63) is 61.7 Å². The monoisotopic (exact) mass is 318 g/mol. The fourth-order valence-electron chi connectivity index (χ4n) is 2.18. The van der Waals surface area contributed by atoms with Gasteiger partial charge in [0.25, 0.3) is 5.56 Å². The first kappa shape index (κ1) is 14.2. The standard InChI is InChI=1S/C15H11ClN2O4/c1-7-6-10(19)13(20)14(22-7)11-12(17-18-15(11)21)8-2-4-9(16)5-3-8/h2-6,20H,1H3,(H2,17,18,21). The van der Waals surface area contributed by atoms with Crippen LogP contribution in [0.3, 0.4) is 0 Å². The van der Waals surface area contributed by atoms with E-state index in [9.17, 15) is 14.7 Å². The number of halogens is 1. The lowest BCUT2D eigenvalue weighted by Crippen LogP contribution is -2.06. The van der Waals surface area contributed by atoms with E-state index in [0.717, 1.165) is 6.07 Å². The maximum atomic E-state index is 12.1. The largest absolute Gasteiger partial charge is 0.502 e. The highest BCUT2D eigenvalue weighted by Gasteiger charge is 2.21. The molecule has 7 heteroatoms. The number of hydrogen-bond donors (Lipinski definition) is 3. The number of aryl methyl sites for hydroxylation is 1. The zero-order valence-electron chi connectivity index (χ0n) is 11.4. The number of aromatic amines is 2. The van der Waals surface area contributed by atoms with Crippen LogP contribution < -0.4 is 11.0 Å². The summed E-state index contributed by atoms with van der Waals surface area (Å²) in [6.45, 7) is 1.56. The summed E-state index contributed by atoms with van der Waals surface area (Å²) >= 11 is 5.85. The molecule has 0 amide bonds. The number of nitrogens with one attached hydrogen (secondary N) is 2. The van der Waals surface area contributed by atoms with Gasteiger partial charge in [0.2, 0.25) is 11.2 Å². The van der Waals surface area contributed by atoms with Gasteiger partial charge in [-0.2, -0.15) is 0 Å². The van der Waals surface area contributed by atoms with E-state index in [0.29, 0.717) is 22.0 Å². The first-order valence-corrected chi connectivity index (χ1v) is 6.76. The van der Waals surface area contributed by atoms with Crippen molar-refractivity contribution in [1.29, 1.82) is 0 Å². The van der Waals surface area contributed by atoms with Gasteiger partial charge in [0.1, 0.15) is 11.3 Å². The van der Waals surface area contributed by atoms with Gasteiger partial charge >= 0.3 is 0 Å². The highest BCUT2D eigenvalue weighted by Crippen LogP contribution is 2.32. The van der Waals surface area contributed by atoms with Crippen LogP contribution in [0.1, 0.15) is 5.76 Å². The summed E-state index contributed by atoms with van der Waals surface area (Å²) in [5.74, 6) is -0.483. The summed E-state index contributed by atoms with van der Waals surface area (Å²) in [4.78, 5) is 23.8. The van der Waals surface area contributed by atoms with Crippen LogP contribution in [0.25, 0.3) is 22.6 Å². The topological polar surface area (TPSA) is 99.1 Å². The van der Waals surface area contributed by atoms with Crippen molar-refractivity contribution in [2.45, 2.75) is 6.92 Å². The second-order valence-electron chi connectivity index (χ2n) is 4.74. The molecule has 6 nitrogen and oxygen atoms in total. The van der Waals surface area contributed by atoms with Crippen LogP contribution in [0.2, 0.25) is 5.02 Å². The van der Waals surface area contributed by atoms with Crippen molar-refractivity contribution in [2.24, 2.45) is 0 Å². The molecule has 0 unspecified atom stereocenters. The molecular formula is C15H11ClN2O4. The van der Waals surface area contributed by atoms with Crippen LogP contribution in [-0.2, 0) is 0 Å². The minimum Gasteiger partial charge on any atom is -0.502 e. The van der Waals surface area contributed by atoms with Crippen molar-refractivity contribution in [3.63, 3.8) is 0 Å². The summed E-state index contributed by atoms with van der Waals surface area (Å²) in [5, 5.41) is 15.6. The van der Waals surface area contributed by atoms with E-state index in [1.807, 2.05) is 0 Å². The zero-order chi connectivity index (χ0) is 15.9. The molecule has 112 valence electrons. The third-order valence-electron chi connectivity index (χ3n) is 3.18. The minimum atomic E-state index is -0.610. The first-order chi connectivity index (χ1) is 10.5. The minimum absolute atomic E-state index is 0.0561. The van der Waals surface area contributed by atoms with E-state index in [1.165, 1.54) is 0 Å². The normalized spacial score (nSPS) is 10.8. The maximum Gasteiger partial charge on any atom is 0.275 e. The van der Waals surface area contributed by atoms with Crippen molar-refractivity contribution in [1.82, 2.24) is 10.2 Å². The molecule has 0 radical (unpaired) electrons. The van der Waals surface area contributed by atoms with Gasteiger partial charge in [0, 0.05) is 16.7 Å². The third-order valence-corrected chi connectivity index (χ3v) is 3.44. The molecule has 2 heterocycles. The fraction of sp³-hybridized carbons (Fsp3) is 0.0667. The molecule has 0 saturated carbocycles. The highest BCUT2D eigenvalue weighted by molar-refractivity contribution is 6.30. The molecule has 0 aliphatic heterocycles. The number of H-pyrrole nitrogens is 2. The van der Waals surface area contributed by atoms with Crippen LogP contribution in [-0.4, -0.2) is 15.3 Å². The number of aromatic nitrogens is 2. The Morgan fingerprint density at radius 1 is 1.14 bits per heavy atom. The number of hydrogen-bond acceptors (Lipinski definition) is 4. The summed E-state index contributed by atoms with van der Waals surface area (Å²) in [6, 6.07) is 7.89. The molecule has 22 heavy (non-hydrogen) atoms. The van der Waals surface area contributed by atoms with Crippen molar-refractivity contribution < 1.29 is 9.52 Å². The van der Waals surface area contributed by atoms with E-state index >= 15 is 0 Å². The lowest BCUT2D eigenvalue weighted by molar-refractivity contribution is 0.430. The van der Waals surface area contributed by atoms with Gasteiger partial charge in [-0.25, -0.2) is 0 Å². The van der Waals surface area contributed by atoms with E-state index in [1.54, 1.807) is 31.2 Å². The van der Waals surface area contributed by atoms with Crippen molar-refractivity contribution in [3.8, 4) is 28.3 Å². The van der Waals surface area contributed by atoms with Crippen LogP contribution in [0, 0.1) is 6.92 Å². The second kappa shape index (κ2) is 5.23. The third kappa shape index (κ3) is 2.33.